The molecule has 3 rings (SSSR count). The molecule has 5 heteroatoms. The van der Waals surface area contributed by atoms with Crippen molar-refractivity contribution >= 4 is 28.6 Å². The molecule has 0 bridgehead atoms. The number of aryl methyl sites for hydroxylation is 2. The smallest absolute Gasteiger partial charge is 0.346 e. The number of hydrogen-bond donors (Lipinski definition) is 2. The molecular formula is C14H15NO2S2. The zero-order valence-electron chi connectivity index (χ0n) is 10.4. The molecule has 1 aliphatic rings. The molecule has 19 heavy (non-hydrogen) atoms. The Bertz CT molecular complexity index is 579. The Balaban J connectivity index is 1.58. The second kappa shape index (κ2) is 5.45. The lowest BCUT2D eigenvalue weighted by molar-refractivity contribution is 0.0701. The summed E-state index contributed by atoms with van der Waals surface area (Å²) in [6.07, 6.45) is 3.75. The highest BCUT2D eigenvalue weighted by Crippen LogP contribution is 2.30. The summed E-state index contributed by atoms with van der Waals surface area (Å²) in [5.41, 5.74) is 2.39. The highest BCUT2D eigenvalue weighted by atomic mass is 32.1. The van der Waals surface area contributed by atoms with E-state index in [1.165, 1.54) is 41.0 Å². The lowest BCUT2D eigenvalue weighted by Gasteiger charge is -2.03. The van der Waals surface area contributed by atoms with Crippen molar-refractivity contribution in [1.82, 2.24) is 5.32 Å². The molecule has 0 fully saturated rings. The van der Waals surface area contributed by atoms with Gasteiger partial charge in [-0.2, -0.15) is 0 Å². The predicted molar refractivity (Wildman–Crippen MR) is 78.2 cm³/mol. The number of nitrogens with one attached hydrogen (secondary N) is 1. The normalized spacial score (nSPS) is 13.7. The minimum atomic E-state index is -0.832. The first kappa shape index (κ1) is 12.8. The molecule has 3 nitrogen and oxygen atoms in total. The zero-order valence-corrected chi connectivity index (χ0v) is 12.1. The molecule has 1 aliphatic carbocycles. The highest BCUT2D eigenvalue weighted by molar-refractivity contribution is 7.12. The van der Waals surface area contributed by atoms with Gasteiger partial charge in [0.25, 0.3) is 0 Å². The molecule has 0 amide bonds. The summed E-state index contributed by atoms with van der Waals surface area (Å²) in [7, 11) is 0. The number of aromatic carboxylic acids is 1. The molecule has 0 atom stereocenters. The molecule has 0 saturated heterocycles. The minimum Gasteiger partial charge on any atom is -0.477 e. The third-order valence-corrected chi connectivity index (χ3v) is 5.54. The molecule has 0 spiro atoms. The Hall–Kier alpha value is -1.17. The van der Waals surface area contributed by atoms with Crippen LogP contribution >= 0.6 is 22.7 Å². The second-order valence-corrected chi connectivity index (χ2v) is 6.84. The SMILES string of the molecule is O=C(O)c1sccc1CNCc1cc2c(s1)CCC2. The van der Waals surface area contributed by atoms with E-state index in [0.717, 1.165) is 12.1 Å². The fourth-order valence-electron chi connectivity index (χ4n) is 2.46. The number of thiophene rings is 2. The van der Waals surface area contributed by atoms with Gasteiger partial charge in [-0.15, -0.1) is 22.7 Å². The van der Waals surface area contributed by atoms with Crippen LogP contribution in [0.1, 0.15) is 37.0 Å². The van der Waals surface area contributed by atoms with E-state index in [2.05, 4.69) is 11.4 Å². The van der Waals surface area contributed by atoms with E-state index in [0.29, 0.717) is 11.4 Å². The van der Waals surface area contributed by atoms with Crippen LogP contribution in [0.25, 0.3) is 0 Å². The first-order valence-corrected chi connectivity index (χ1v) is 8.04. The van der Waals surface area contributed by atoms with Gasteiger partial charge in [-0.05, 0) is 47.9 Å². The van der Waals surface area contributed by atoms with E-state index < -0.39 is 5.97 Å². The quantitative estimate of drug-likeness (QED) is 0.889. The van der Waals surface area contributed by atoms with Crippen LogP contribution in [0.2, 0.25) is 0 Å². The van der Waals surface area contributed by atoms with Crippen molar-refractivity contribution < 1.29 is 9.90 Å². The lowest BCUT2D eigenvalue weighted by Crippen LogP contribution is -2.13. The average molecular weight is 293 g/mol. The highest BCUT2D eigenvalue weighted by Gasteiger charge is 2.15. The molecular weight excluding hydrogens is 278 g/mol. The Morgan fingerprint density at radius 3 is 3.05 bits per heavy atom. The molecule has 100 valence electrons. The first-order valence-electron chi connectivity index (χ1n) is 6.35. The van der Waals surface area contributed by atoms with Gasteiger partial charge >= 0.3 is 5.97 Å². The molecule has 2 heterocycles. The zero-order chi connectivity index (χ0) is 13.2. The fraction of sp³-hybridized carbons (Fsp3) is 0.357. The average Bonchev–Trinajstić information content (AvgIpc) is 3.02. The topological polar surface area (TPSA) is 49.3 Å². The lowest BCUT2D eigenvalue weighted by atomic mass is 10.2. The molecule has 0 radical (unpaired) electrons. The summed E-state index contributed by atoms with van der Waals surface area (Å²) in [6.45, 7) is 1.44. The van der Waals surface area contributed by atoms with Crippen LogP contribution in [0.4, 0.5) is 0 Å². The summed E-state index contributed by atoms with van der Waals surface area (Å²) < 4.78 is 0. The van der Waals surface area contributed by atoms with Crippen molar-refractivity contribution in [3.8, 4) is 0 Å². The van der Waals surface area contributed by atoms with Gasteiger partial charge in [-0.3, -0.25) is 0 Å². The van der Waals surface area contributed by atoms with E-state index in [1.807, 2.05) is 22.8 Å². The number of carboxylic acids is 1. The van der Waals surface area contributed by atoms with Crippen molar-refractivity contribution in [2.45, 2.75) is 32.4 Å². The minimum absolute atomic E-state index is 0.446. The Morgan fingerprint density at radius 1 is 1.37 bits per heavy atom. The van der Waals surface area contributed by atoms with E-state index in [-0.39, 0.29) is 0 Å². The molecule has 0 aromatic carbocycles. The summed E-state index contributed by atoms with van der Waals surface area (Å²) >= 11 is 3.18. The number of fused-ring (bicyclic) bond motifs is 1. The summed E-state index contributed by atoms with van der Waals surface area (Å²) in [6, 6.07) is 4.18. The summed E-state index contributed by atoms with van der Waals surface area (Å²) in [5, 5.41) is 14.2. The van der Waals surface area contributed by atoms with Crippen LogP contribution < -0.4 is 5.32 Å². The van der Waals surface area contributed by atoms with E-state index in [1.54, 1.807) is 4.88 Å². The maximum Gasteiger partial charge on any atom is 0.346 e. The van der Waals surface area contributed by atoms with Crippen LogP contribution in [-0.2, 0) is 25.9 Å². The van der Waals surface area contributed by atoms with E-state index >= 15 is 0 Å². The number of hydrogen-bond acceptors (Lipinski definition) is 4. The fourth-order valence-corrected chi connectivity index (χ4v) is 4.45. The van der Waals surface area contributed by atoms with Gasteiger partial charge in [-0.1, -0.05) is 0 Å². The molecule has 2 aromatic rings. The van der Waals surface area contributed by atoms with Gasteiger partial charge in [0.2, 0.25) is 0 Å². The Kier molecular flexibility index (Phi) is 3.68. The molecule has 0 saturated carbocycles. The number of carbonyl (C=O) groups is 1. The van der Waals surface area contributed by atoms with Gasteiger partial charge in [0.1, 0.15) is 4.88 Å². The summed E-state index contributed by atoms with van der Waals surface area (Å²) in [4.78, 5) is 14.3. The van der Waals surface area contributed by atoms with Crippen molar-refractivity contribution in [3.05, 3.63) is 43.3 Å². The third-order valence-electron chi connectivity index (χ3n) is 3.35. The van der Waals surface area contributed by atoms with E-state index in [4.69, 9.17) is 5.11 Å². The number of carboxylic acid groups (broad SMARTS) is 1. The Morgan fingerprint density at radius 2 is 2.26 bits per heavy atom. The maximum atomic E-state index is 11.0. The molecule has 0 aliphatic heterocycles. The molecule has 0 unspecified atom stereocenters. The molecule has 2 N–H and O–H groups in total. The van der Waals surface area contributed by atoms with Gasteiger partial charge in [-0.25, -0.2) is 4.79 Å². The van der Waals surface area contributed by atoms with Crippen molar-refractivity contribution in [2.24, 2.45) is 0 Å². The van der Waals surface area contributed by atoms with Crippen LogP contribution in [-0.4, -0.2) is 11.1 Å². The van der Waals surface area contributed by atoms with Crippen LogP contribution in [0.3, 0.4) is 0 Å². The summed E-state index contributed by atoms with van der Waals surface area (Å²) in [5.74, 6) is -0.832. The molecule has 2 aromatic heterocycles. The standard InChI is InChI=1S/C14H15NO2S2/c16-14(17)13-10(4-5-18-13)7-15-8-11-6-9-2-1-3-12(9)19-11/h4-6,15H,1-3,7-8H2,(H,16,17). The largest absolute Gasteiger partial charge is 0.477 e. The van der Waals surface area contributed by atoms with E-state index in [9.17, 15) is 4.79 Å². The van der Waals surface area contributed by atoms with Gasteiger partial charge in [0.15, 0.2) is 0 Å². The maximum absolute atomic E-state index is 11.0. The van der Waals surface area contributed by atoms with Crippen molar-refractivity contribution in [2.75, 3.05) is 0 Å². The Labute approximate surface area is 119 Å². The van der Waals surface area contributed by atoms with Gasteiger partial charge in [0.05, 0.1) is 0 Å². The third kappa shape index (κ3) is 2.73. The van der Waals surface area contributed by atoms with Gasteiger partial charge < -0.3 is 10.4 Å². The first-order chi connectivity index (χ1) is 9.24. The van der Waals surface area contributed by atoms with Crippen molar-refractivity contribution in [1.29, 1.82) is 0 Å². The number of rotatable bonds is 5. The van der Waals surface area contributed by atoms with Crippen LogP contribution in [0.5, 0.6) is 0 Å². The van der Waals surface area contributed by atoms with Crippen LogP contribution in [0.15, 0.2) is 17.5 Å². The van der Waals surface area contributed by atoms with Crippen molar-refractivity contribution in [3.63, 3.8) is 0 Å². The second-order valence-electron chi connectivity index (χ2n) is 4.70. The predicted octanol–water partition coefficient (Wildman–Crippen LogP) is 3.29. The van der Waals surface area contributed by atoms with Gasteiger partial charge in [0, 0.05) is 22.8 Å². The van der Waals surface area contributed by atoms with Crippen LogP contribution in [0, 0.1) is 0 Å². The monoisotopic (exact) mass is 293 g/mol.